The van der Waals surface area contributed by atoms with Crippen LogP contribution in [0.1, 0.15) is 10.4 Å². The second-order valence-corrected chi connectivity index (χ2v) is 4.53. The lowest BCUT2D eigenvalue weighted by Crippen LogP contribution is -2.40. The lowest BCUT2D eigenvalue weighted by atomic mass is 10.1. The van der Waals surface area contributed by atoms with E-state index in [4.69, 9.17) is 17.3 Å². The molecule has 2 aromatic rings. The van der Waals surface area contributed by atoms with Crippen LogP contribution in [-0.4, -0.2) is 34.6 Å². The van der Waals surface area contributed by atoms with Crippen LogP contribution >= 0.6 is 11.6 Å². The number of primary amides is 1. The van der Waals surface area contributed by atoms with E-state index >= 15 is 0 Å². The molecule has 6 nitrogen and oxygen atoms in total. The molecular weight excluding hydrogens is 282 g/mol. The van der Waals surface area contributed by atoms with Crippen LogP contribution in [0.5, 0.6) is 0 Å². The van der Waals surface area contributed by atoms with E-state index in [0.717, 1.165) is 0 Å². The average molecular weight is 294 g/mol. The SMILES string of the molecule is NC(=O)C(O)CNC(=O)c1cc(Cl)nc2ccccc12. The average Bonchev–Trinajstić information content (AvgIpc) is 2.43. The van der Waals surface area contributed by atoms with Crippen molar-refractivity contribution in [3.63, 3.8) is 0 Å². The predicted molar refractivity (Wildman–Crippen MR) is 74.3 cm³/mol. The van der Waals surface area contributed by atoms with Gasteiger partial charge in [0.2, 0.25) is 5.91 Å². The zero-order valence-electron chi connectivity index (χ0n) is 10.3. The summed E-state index contributed by atoms with van der Waals surface area (Å²) in [6.07, 6.45) is -1.43. The van der Waals surface area contributed by atoms with E-state index in [1.807, 2.05) is 0 Å². The summed E-state index contributed by atoms with van der Waals surface area (Å²) < 4.78 is 0. The molecule has 0 saturated carbocycles. The molecule has 0 aliphatic heterocycles. The van der Waals surface area contributed by atoms with Gasteiger partial charge < -0.3 is 16.2 Å². The summed E-state index contributed by atoms with van der Waals surface area (Å²) in [4.78, 5) is 26.9. The lowest BCUT2D eigenvalue weighted by molar-refractivity contribution is -0.125. The molecule has 104 valence electrons. The molecule has 1 atom stereocenters. The quantitative estimate of drug-likeness (QED) is 0.712. The zero-order chi connectivity index (χ0) is 14.7. The summed E-state index contributed by atoms with van der Waals surface area (Å²) in [5.74, 6) is -1.37. The smallest absolute Gasteiger partial charge is 0.252 e. The molecule has 0 spiro atoms. The number of nitrogens with two attached hydrogens (primary N) is 1. The minimum Gasteiger partial charge on any atom is -0.381 e. The molecular formula is C13H12ClN3O3. The third-order valence-corrected chi connectivity index (χ3v) is 2.91. The van der Waals surface area contributed by atoms with Gasteiger partial charge in [0.05, 0.1) is 17.6 Å². The summed E-state index contributed by atoms with van der Waals surface area (Å²) >= 11 is 5.87. The number of carbonyl (C=O) groups excluding carboxylic acids is 2. The zero-order valence-corrected chi connectivity index (χ0v) is 11.1. The lowest BCUT2D eigenvalue weighted by Gasteiger charge is -2.10. The maximum Gasteiger partial charge on any atom is 0.252 e. The normalized spacial score (nSPS) is 12.1. The van der Waals surface area contributed by atoms with Gasteiger partial charge in [-0.1, -0.05) is 29.8 Å². The molecule has 7 heteroatoms. The highest BCUT2D eigenvalue weighted by atomic mass is 35.5. The number of aliphatic hydroxyl groups excluding tert-OH is 1. The van der Waals surface area contributed by atoms with Gasteiger partial charge >= 0.3 is 0 Å². The summed E-state index contributed by atoms with van der Waals surface area (Å²) in [6, 6.07) is 8.45. The first-order valence-corrected chi connectivity index (χ1v) is 6.17. The number of halogens is 1. The van der Waals surface area contributed by atoms with Crippen LogP contribution in [0, 0.1) is 0 Å². The van der Waals surface area contributed by atoms with Gasteiger partial charge in [-0.25, -0.2) is 4.98 Å². The first-order chi connectivity index (χ1) is 9.49. The molecule has 0 fully saturated rings. The molecule has 0 radical (unpaired) electrons. The Morgan fingerprint density at radius 1 is 1.40 bits per heavy atom. The summed E-state index contributed by atoms with van der Waals surface area (Å²) in [5.41, 5.74) is 5.80. The van der Waals surface area contributed by atoms with E-state index in [9.17, 15) is 14.7 Å². The molecule has 2 rings (SSSR count). The fraction of sp³-hybridized carbons (Fsp3) is 0.154. The second kappa shape index (κ2) is 5.85. The van der Waals surface area contributed by atoms with Crippen molar-refractivity contribution in [1.82, 2.24) is 10.3 Å². The van der Waals surface area contributed by atoms with Crippen LogP contribution in [0.15, 0.2) is 30.3 Å². The molecule has 1 aromatic carbocycles. The number of aliphatic hydroxyl groups is 1. The van der Waals surface area contributed by atoms with E-state index in [0.29, 0.717) is 16.5 Å². The molecule has 2 amide bonds. The Morgan fingerprint density at radius 3 is 2.80 bits per heavy atom. The second-order valence-electron chi connectivity index (χ2n) is 4.14. The largest absolute Gasteiger partial charge is 0.381 e. The highest BCUT2D eigenvalue weighted by Gasteiger charge is 2.15. The number of nitrogens with zero attached hydrogens (tertiary/aromatic N) is 1. The van der Waals surface area contributed by atoms with Crippen molar-refractivity contribution in [3.8, 4) is 0 Å². The van der Waals surface area contributed by atoms with Gasteiger partial charge in [-0.05, 0) is 12.1 Å². The minimum absolute atomic E-state index is 0.185. The molecule has 1 unspecified atom stereocenters. The maximum absolute atomic E-state index is 12.1. The number of rotatable bonds is 4. The Hall–Kier alpha value is -2.18. The van der Waals surface area contributed by atoms with Gasteiger partial charge in [0, 0.05) is 5.39 Å². The number of hydrogen-bond acceptors (Lipinski definition) is 4. The Bertz CT molecular complexity index is 675. The number of nitrogens with one attached hydrogen (secondary N) is 1. The third-order valence-electron chi connectivity index (χ3n) is 2.71. The van der Waals surface area contributed by atoms with Crippen molar-refractivity contribution in [2.24, 2.45) is 5.73 Å². The molecule has 1 aromatic heterocycles. The van der Waals surface area contributed by atoms with Gasteiger partial charge in [-0.3, -0.25) is 9.59 Å². The number of pyridine rings is 1. The summed E-state index contributed by atoms with van der Waals surface area (Å²) in [7, 11) is 0. The van der Waals surface area contributed by atoms with Crippen LogP contribution in [0.3, 0.4) is 0 Å². The number of amides is 2. The van der Waals surface area contributed by atoms with E-state index in [-0.39, 0.29) is 11.7 Å². The number of para-hydroxylation sites is 1. The third kappa shape index (κ3) is 3.04. The first kappa shape index (κ1) is 14.2. The van der Waals surface area contributed by atoms with Crippen molar-refractivity contribution in [2.75, 3.05) is 6.54 Å². The standard InChI is InChI=1S/C13H12ClN3O3/c14-11-5-8(7-3-1-2-4-9(7)17-11)13(20)16-6-10(18)12(15)19/h1-5,10,18H,6H2,(H2,15,19)(H,16,20). The number of hydrogen-bond donors (Lipinski definition) is 3. The van der Waals surface area contributed by atoms with Crippen molar-refractivity contribution < 1.29 is 14.7 Å². The molecule has 0 aliphatic rings. The molecule has 0 bridgehead atoms. The van der Waals surface area contributed by atoms with Crippen LogP contribution in [0.25, 0.3) is 10.9 Å². The number of benzene rings is 1. The maximum atomic E-state index is 12.1. The van der Waals surface area contributed by atoms with E-state index in [1.54, 1.807) is 24.3 Å². The van der Waals surface area contributed by atoms with E-state index in [2.05, 4.69) is 10.3 Å². The van der Waals surface area contributed by atoms with Crippen LogP contribution in [-0.2, 0) is 4.79 Å². The highest BCUT2D eigenvalue weighted by Crippen LogP contribution is 2.20. The fourth-order valence-corrected chi connectivity index (χ4v) is 1.92. The molecule has 20 heavy (non-hydrogen) atoms. The summed E-state index contributed by atoms with van der Waals surface area (Å²) in [6.45, 7) is -0.261. The van der Waals surface area contributed by atoms with E-state index < -0.39 is 17.9 Å². The fourth-order valence-electron chi connectivity index (χ4n) is 1.72. The van der Waals surface area contributed by atoms with Gasteiger partial charge in [0.1, 0.15) is 11.3 Å². The predicted octanol–water partition coefficient (Wildman–Crippen LogP) is 0.464. The Labute approximate surface area is 119 Å². The van der Waals surface area contributed by atoms with Crippen molar-refractivity contribution in [1.29, 1.82) is 0 Å². The molecule has 4 N–H and O–H groups in total. The van der Waals surface area contributed by atoms with Crippen LogP contribution in [0.4, 0.5) is 0 Å². The monoisotopic (exact) mass is 293 g/mol. The van der Waals surface area contributed by atoms with Crippen LogP contribution in [0.2, 0.25) is 5.15 Å². The summed E-state index contributed by atoms with van der Waals surface area (Å²) in [5, 5.41) is 12.5. The number of carbonyl (C=O) groups is 2. The van der Waals surface area contributed by atoms with Crippen molar-refractivity contribution in [2.45, 2.75) is 6.10 Å². The topological polar surface area (TPSA) is 105 Å². The molecule has 1 heterocycles. The Morgan fingerprint density at radius 2 is 2.10 bits per heavy atom. The van der Waals surface area contributed by atoms with Gasteiger partial charge in [-0.15, -0.1) is 0 Å². The minimum atomic E-state index is -1.43. The van der Waals surface area contributed by atoms with Crippen molar-refractivity contribution >= 4 is 34.3 Å². The number of aromatic nitrogens is 1. The van der Waals surface area contributed by atoms with Gasteiger partial charge in [-0.2, -0.15) is 0 Å². The molecule has 0 saturated heterocycles. The van der Waals surface area contributed by atoms with Gasteiger partial charge in [0.25, 0.3) is 5.91 Å². The number of fused-ring (bicyclic) bond motifs is 1. The Kier molecular flexibility index (Phi) is 4.16. The van der Waals surface area contributed by atoms with E-state index in [1.165, 1.54) is 6.07 Å². The Balaban J connectivity index is 2.28. The van der Waals surface area contributed by atoms with Crippen LogP contribution < -0.4 is 11.1 Å². The van der Waals surface area contributed by atoms with Crippen molar-refractivity contribution in [3.05, 3.63) is 41.0 Å². The molecule has 0 aliphatic carbocycles. The highest BCUT2D eigenvalue weighted by molar-refractivity contribution is 6.30. The van der Waals surface area contributed by atoms with Gasteiger partial charge in [0.15, 0.2) is 0 Å². The first-order valence-electron chi connectivity index (χ1n) is 5.80.